The van der Waals surface area contributed by atoms with Gasteiger partial charge in [0.05, 0.1) is 5.41 Å². The van der Waals surface area contributed by atoms with Crippen LogP contribution in [0.5, 0.6) is 0 Å². The third-order valence-corrected chi connectivity index (χ3v) is 4.00. The number of ether oxygens (including phenoxy) is 1. The van der Waals surface area contributed by atoms with Crippen molar-refractivity contribution in [1.29, 1.82) is 0 Å². The molecular weight excluding hydrogens is 270 g/mol. The first kappa shape index (κ1) is 18.0. The van der Waals surface area contributed by atoms with Gasteiger partial charge < -0.3 is 15.2 Å². The summed E-state index contributed by atoms with van der Waals surface area (Å²) in [5.74, 6) is -0.456. The molecular formula is C16H29NO4. The van der Waals surface area contributed by atoms with E-state index >= 15 is 0 Å². The number of carbonyl (C=O) groups excluding carboxylic acids is 1. The second-order valence-electron chi connectivity index (χ2n) is 6.50. The summed E-state index contributed by atoms with van der Waals surface area (Å²) in [6.07, 6.45) is 4.99. The summed E-state index contributed by atoms with van der Waals surface area (Å²) >= 11 is 0. The molecule has 0 aliphatic heterocycles. The summed E-state index contributed by atoms with van der Waals surface area (Å²) in [5, 5.41) is 12.2. The lowest BCUT2D eigenvalue weighted by Gasteiger charge is -2.32. The molecule has 5 nitrogen and oxygen atoms in total. The van der Waals surface area contributed by atoms with E-state index in [4.69, 9.17) is 4.74 Å². The number of hydrogen-bond donors (Lipinski definition) is 2. The Morgan fingerprint density at radius 2 is 1.90 bits per heavy atom. The molecule has 1 rings (SSSR count). The first-order chi connectivity index (χ1) is 9.96. The Kier molecular flexibility index (Phi) is 7.72. The van der Waals surface area contributed by atoms with Crippen LogP contribution in [-0.2, 0) is 14.3 Å². The Labute approximate surface area is 127 Å². The lowest BCUT2D eigenvalue weighted by molar-refractivity contribution is -0.154. The summed E-state index contributed by atoms with van der Waals surface area (Å²) in [4.78, 5) is 23.4. The van der Waals surface area contributed by atoms with Crippen LogP contribution in [0.4, 0.5) is 0 Å². The summed E-state index contributed by atoms with van der Waals surface area (Å²) in [5.41, 5.74) is -0.837. The zero-order valence-corrected chi connectivity index (χ0v) is 13.3. The van der Waals surface area contributed by atoms with Gasteiger partial charge in [0.15, 0.2) is 0 Å². The van der Waals surface area contributed by atoms with Crippen molar-refractivity contribution in [2.75, 3.05) is 19.8 Å². The second-order valence-corrected chi connectivity index (χ2v) is 6.50. The number of carboxylic acid groups (broad SMARTS) is 1. The average Bonchev–Trinajstić information content (AvgIpc) is 2.43. The smallest absolute Gasteiger partial charge is 0.310 e. The van der Waals surface area contributed by atoms with Gasteiger partial charge in [0.25, 0.3) is 0 Å². The topological polar surface area (TPSA) is 75.6 Å². The fourth-order valence-electron chi connectivity index (χ4n) is 2.79. The van der Waals surface area contributed by atoms with Gasteiger partial charge in [0.2, 0.25) is 5.91 Å². The minimum Gasteiger partial charge on any atom is -0.481 e. The summed E-state index contributed by atoms with van der Waals surface area (Å²) in [6.45, 7) is 6.10. The van der Waals surface area contributed by atoms with Crippen LogP contribution in [0.1, 0.15) is 58.8 Å². The molecule has 0 aromatic heterocycles. The van der Waals surface area contributed by atoms with Gasteiger partial charge in [-0.25, -0.2) is 0 Å². The Morgan fingerprint density at radius 1 is 1.24 bits per heavy atom. The number of nitrogens with one attached hydrogen (secondary N) is 1. The van der Waals surface area contributed by atoms with E-state index in [0.29, 0.717) is 31.9 Å². The third kappa shape index (κ3) is 6.46. The van der Waals surface area contributed by atoms with Crippen molar-refractivity contribution in [3.05, 3.63) is 0 Å². The van der Waals surface area contributed by atoms with Crippen molar-refractivity contribution >= 4 is 11.9 Å². The van der Waals surface area contributed by atoms with Crippen molar-refractivity contribution < 1.29 is 19.4 Å². The van der Waals surface area contributed by atoms with E-state index in [1.807, 2.05) is 0 Å². The Balaban J connectivity index is 2.24. The minimum absolute atomic E-state index is 0.106. The molecule has 2 N–H and O–H groups in total. The van der Waals surface area contributed by atoms with Crippen molar-refractivity contribution in [3.63, 3.8) is 0 Å². The standard InChI is InChI=1S/C16H29NO4/c1-13(2)12-21-10-6-9-17-14(18)11-16(15(19)20)7-4-3-5-8-16/h13H,3-12H2,1-2H3,(H,17,18)(H,19,20). The molecule has 0 saturated heterocycles. The summed E-state index contributed by atoms with van der Waals surface area (Å²) in [6, 6.07) is 0. The number of amides is 1. The first-order valence-electron chi connectivity index (χ1n) is 8.04. The number of carbonyl (C=O) groups is 2. The highest BCUT2D eigenvalue weighted by Gasteiger charge is 2.41. The highest BCUT2D eigenvalue weighted by Crippen LogP contribution is 2.39. The molecule has 0 atom stereocenters. The molecule has 1 aliphatic carbocycles. The average molecular weight is 299 g/mol. The van der Waals surface area contributed by atoms with E-state index in [1.54, 1.807) is 0 Å². The van der Waals surface area contributed by atoms with Crippen molar-refractivity contribution in [3.8, 4) is 0 Å². The Hall–Kier alpha value is -1.10. The van der Waals surface area contributed by atoms with Crippen molar-refractivity contribution in [2.45, 2.75) is 58.8 Å². The molecule has 0 heterocycles. The minimum atomic E-state index is -0.837. The van der Waals surface area contributed by atoms with E-state index in [2.05, 4.69) is 19.2 Å². The molecule has 0 bridgehead atoms. The molecule has 122 valence electrons. The van der Waals surface area contributed by atoms with Crippen LogP contribution in [0, 0.1) is 11.3 Å². The predicted octanol–water partition coefficient (Wildman–Crippen LogP) is 2.59. The van der Waals surface area contributed by atoms with Crippen LogP contribution in [0.2, 0.25) is 0 Å². The highest BCUT2D eigenvalue weighted by molar-refractivity contribution is 5.85. The van der Waals surface area contributed by atoms with Crippen LogP contribution in [0.3, 0.4) is 0 Å². The lowest BCUT2D eigenvalue weighted by Crippen LogP contribution is -2.39. The molecule has 1 saturated carbocycles. The number of aliphatic carboxylic acids is 1. The van der Waals surface area contributed by atoms with Gasteiger partial charge in [-0.3, -0.25) is 9.59 Å². The van der Waals surface area contributed by atoms with Crippen molar-refractivity contribution in [2.24, 2.45) is 11.3 Å². The van der Waals surface area contributed by atoms with E-state index < -0.39 is 11.4 Å². The third-order valence-electron chi connectivity index (χ3n) is 4.00. The van der Waals surface area contributed by atoms with Crippen LogP contribution < -0.4 is 5.32 Å². The first-order valence-corrected chi connectivity index (χ1v) is 8.04. The fourth-order valence-corrected chi connectivity index (χ4v) is 2.79. The molecule has 0 aromatic carbocycles. The molecule has 1 fully saturated rings. The zero-order chi connectivity index (χ0) is 15.7. The van der Waals surface area contributed by atoms with Gasteiger partial charge in [0, 0.05) is 26.2 Å². The van der Waals surface area contributed by atoms with Crippen LogP contribution in [0.25, 0.3) is 0 Å². The van der Waals surface area contributed by atoms with Gasteiger partial charge in [-0.15, -0.1) is 0 Å². The molecule has 21 heavy (non-hydrogen) atoms. The Morgan fingerprint density at radius 3 is 2.48 bits per heavy atom. The van der Waals surface area contributed by atoms with Gasteiger partial charge in [0.1, 0.15) is 0 Å². The summed E-state index contributed by atoms with van der Waals surface area (Å²) < 4.78 is 5.44. The quantitative estimate of drug-likeness (QED) is 0.642. The van der Waals surface area contributed by atoms with Crippen LogP contribution in [-0.4, -0.2) is 36.7 Å². The SMILES string of the molecule is CC(C)COCCCNC(=O)CC1(C(=O)O)CCCCC1. The van der Waals surface area contributed by atoms with Gasteiger partial charge in [-0.2, -0.15) is 0 Å². The molecule has 1 aliphatic rings. The van der Waals surface area contributed by atoms with E-state index in [1.165, 1.54) is 0 Å². The molecule has 0 spiro atoms. The maximum absolute atomic E-state index is 11.9. The Bertz CT molecular complexity index is 335. The van der Waals surface area contributed by atoms with E-state index in [0.717, 1.165) is 32.3 Å². The fraction of sp³-hybridized carbons (Fsp3) is 0.875. The van der Waals surface area contributed by atoms with Gasteiger partial charge in [-0.1, -0.05) is 33.1 Å². The van der Waals surface area contributed by atoms with Crippen molar-refractivity contribution in [1.82, 2.24) is 5.32 Å². The number of hydrogen-bond acceptors (Lipinski definition) is 3. The second kappa shape index (κ2) is 9.03. The molecule has 0 radical (unpaired) electrons. The monoisotopic (exact) mass is 299 g/mol. The molecule has 1 amide bonds. The van der Waals surface area contributed by atoms with Crippen LogP contribution in [0.15, 0.2) is 0 Å². The predicted molar refractivity (Wildman–Crippen MR) is 81.1 cm³/mol. The number of rotatable bonds is 9. The highest BCUT2D eigenvalue weighted by atomic mass is 16.5. The van der Waals surface area contributed by atoms with Gasteiger partial charge >= 0.3 is 5.97 Å². The van der Waals surface area contributed by atoms with E-state index in [-0.39, 0.29) is 12.3 Å². The normalized spacial score (nSPS) is 17.7. The van der Waals surface area contributed by atoms with Gasteiger partial charge in [-0.05, 0) is 25.2 Å². The lowest BCUT2D eigenvalue weighted by atomic mass is 9.71. The molecule has 5 heteroatoms. The maximum Gasteiger partial charge on any atom is 0.310 e. The zero-order valence-electron chi connectivity index (χ0n) is 13.3. The largest absolute Gasteiger partial charge is 0.481 e. The van der Waals surface area contributed by atoms with E-state index in [9.17, 15) is 14.7 Å². The molecule has 0 unspecified atom stereocenters. The van der Waals surface area contributed by atoms with Crippen LogP contribution >= 0.6 is 0 Å². The summed E-state index contributed by atoms with van der Waals surface area (Å²) in [7, 11) is 0. The number of carboxylic acids is 1. The molecule has 0 aromatic rings. The maximum atomic E-state index is 11.9.